The molecule has 0 unspecified atom stereocenters. The first kappa shape index (κ1) is 17.5. The molecule has 0 aliphatic carbocycles. The number of carbonyl (C=O) groups is 1. The van der Waals surface area contributed by atoms with Crippen LogP contribution in [0, 0.1) is 5.82 Å². The number of nitrogens with one attached hydrogen (secondary N) is 1. The molecule has 0 aromatic heterocycles. The number of ether oxygens (including phenoxy) is 2. The molecule has 126 valence electrons. The van der Waals surface area contributed by atoms with Gasteiger partial charge < -0.3 is 14.8 Å². The van der Waals surface area contributed by atoms with Gasteiger partial charge in [-0.1, -0.05) is 18.2 Å². The molecule has 0 radical (unpaired) electrons. The molecule has 1 amide bonds. The second-order valence-corrected chi connectivity index (χ2v) is 5.17. The van der Waals surface area contributed by atoms with Crippen LogP contribution in [0.15, 0.2) is 49.1 Å². The fraction of sp³-hybridized carbons (Fsp3) is 0.211. The Hall–Kier alpha value is -2.82. The van der Waals surface area contributed by atoms with Crippen LogP contribution in [-0.4, -0.2) is 20.1 Å². The third-order valence-electron chi connectivity index (χ3n) is 3.55. The number of hydrogen-bond acceptors (Lipinski definition) is 3. The molecular weight excluding hydrogens is 309 g/mol. The van der Waals surface area contributed by atoms with E-state index in [0.717, 1.165) is 11.1 Å². The highest BCUT2D eigenvalue weighted by Crippen LogP contribution is 2.33. The monoisotopic (exact) mass is 329 g/mol. The SMILES string of the molecule is C=CCc1cc(C(=O)NCc2ccc(F)cc2)cc(OC)c1OC. The molecule has 0 atom stereocenters. The van der Waals surface area contributed by atoms with Gasteiger partial charge in [0.2, 0.25) is 0 Å². The van der Waals surface area contributed by atoms with E-state index in [1.165, 1.54) is 19.2 Å². The molecule has 2 aromatic carbocycles. The van der Waals surface area contributed by atoms with Crippen LogP contribution in [0.4, 0.5) is 4.39 Å². The molecular formula is C19H20FNO3. The molecule has 2 rings (SSSR count). The van der Waals surface area contributed by atoms with Crippen molar-refractivity contribution in [2.24, 2.45) is 0 Å². The Balaban J connectivity index is 2.20. The summed E-state index contributed by atoms with van der Waals surface area (Å²) in [5.74, 6) is 0.529. The first-order valence-electron chi connectivity index (χ1n) is 7.47. The molecule has 0 fully saturated rings. The maximum absolute atomic E-state index is 12.9. The molecule has 0 bridgehead atoms. The number of amides is 1. The zero-order chi connectivity index (χ0) is 17.5. The van der Waals surface area contributed by atoms with Crippen LogP contribution in [0.1, 0.15) is 21.5 Å². The summed E-state index contributed by atoms with van der Waals surface area (Å²) >= 11 is 0. The van der Waals surface area contributed by atoms with E-state index in [-0.39, 0.29) is 11.7 Å². The van der Waals surface area contributed by atoms with Gasteiger partial charge in [0.05, 0.1) is 14.2 Å². The second kappa shape index (κ2) is 8.15. The van der Waals surface area contributed by atoms with Gasteiger partial charge >= 0.3 is 0 Å². The summed E-state index contributed by atoms with van der Waals surface area (Å²) in [6, 6.07) is 9.37. The van der Waals surface area contributed by atoms with Crippen molar-refractivity contribution >= 4 is 5.91 Å². The normalized spacial score (nSPS) is 10.1. The topological polar surface area (TPSA) is 47.6 Å². The molecule has 5 heteroatoms. The minimum Gasteiger partial charge on any atom is -0.493 e. The molecule has 0 aliphatic heterocycles. The van der Waals surface area contributed by atoms with Crippen molar-refractivity contribution < 1.29 is 18.7 Å². The number of allylic oxidation sites excluding steroid dienone is 1. The van der Waals surface area contributed by atoms with E-state index in [1.54, 1.807) is 37.5 Å². The number of benzene rings is 2. The molecule has 0 saturated carbocycles. The van der Waals surface area contributed by atoms with Gasteiger partial charge in [0.25, 0.3) is 5.91 Å². The average molecular weight is 329 g/mol. The lowest BCUT2D eigenvalue weighted by atomic mass is 10.0. The second-order valence-electron chi connectivity index (χ2n) is 5.17. The Morgan fingerprint density at radius 2 is 1.92 bits per heavy atom. The maximum Gasteiger partial charge on any atom is 0.251 e. The molecule has 0 aliphatic rings. The maximum atomic E-state index is 12.9. The molecule has 0 saturated heterocycles. The highest BCUT2D eigenvalue weighted by atomic mass is 19.1. The summed E-state index contributed by atoms with van der Waals surface area (Å²) in [6.45, 7) is 4.03. The standard InChI is InChI=1S/C19H20FNO3/c1-4-5-14-10-15(11-17(23-2)18(14)24-3)19(22)21-12-13-6-8-16(20)9-7-13/h4,6-11H,1,5,12H2,2-3H3,(H,21,22). The fourth-order valence-corrected chi connectivity index (χ4v) is 2.37. The van der Waals surface area contributed by atoms with Crippen molar-refractivity contribution in [2.75, 3.05) is 14.2 Å². The van der Waals surface area contributed by atoms with E-state index in [9.17, 15) is 9.18 Å². The Bertz CT molecular complexity index is 726. The van der Waals surface area contributed by atoms with Gasteiger partial charge in [-0.15, -0.1) is 6.58 Å². The summed E-state index contributed by atoms with van der Waals surface area (Å²) in [7, 11) is 3.08. The van der Waals surface area contributed by atoms with Crippen LogP contribution >= 0.6 is 0 Å². The molecule has 1 N–H and O–H groups in total. The molecule has 24 heavy (non-hydrogen) atoms. The lowest BCUT2D eigenvalue weighted by molar-refractivity contribution is 0.0950. The van der Waals surface area contributed by atoms with Crippen LogP contribution in [0.3, 0.4) is 0 Å². The smallest absolute Gasteiger partial charge is 0.251 e. The predicted octanol–water partition coefficient (Wildman–Crippen LogP) is 3.50. The zero-order valence-electron chi connectivity index (χ0n) is 13.8. The quantitative estimate of drug-likeness (QED) is 0.791. The summed E-state index contributed by atoms with van der Waals surface area (Å²) in [6.07, 6.45) is 2.29. The van der Waals surface area contributed by atoms with Crippen molar-refractivity contribution in [3.63, 3.8) is 0 Å². The van der Waals surface area contributed by atoms with Gasteiger partial charge in [0.1, 0.15) is 5.82 Å². The first-order chi connectivity index (χ1) is 11.6. The van der Waals surface area contributed by atoms with Crippen molar-refractivity contribution in [3.05, 3.63) is 71.6 Å². The fourth-order valence-electron chi connectivity index (χ4n) is 2.37. The van der Waals surface area contributed by atoms with E-state index in [2.05, 4.69) is 11.9 Å². The highest BCUT2D eigenvalue weighted by Gasteiger charge is 2.15. The highest BCUT2D eigenvalue weighted by molar-refractivity contribution is 5.95. The third-order valence-corrected chi connectivity index (χ3v) is 3.55. The summed E-state index contributed by atoms with van der Waals surface area (Å²) in [4.78, 5) is 12.4. The number of carbonyl (C=O) groups excluding carboxylic acids is 1. The predicted molar refractivity (Wildman–Crippen MR) is 91.0 cm³/mol. The van der Waals surface area contributed by atoms with E-state index < -0.39 is 0 Å². The van der Waals surface area contributed by atoms with Crippen LogP contribution < -0.4 is 14.8 Å². The van der Waals surface area contributed by atoms with Gasteiger partial charge in [0, 0.05) is 17.7 Å². The Kier molecular flexibility index (Phi) is 5.95. The molecule has 4 nitrogen and oxygen atoms in total. The lowest BCUT2D eigenvalue weighted by Gasteiger charge is -2.14. The van der Waals surface area contributed by atoms with E-state index >= 15 is 0 Å². The summed E-state index contributed by atoms with van der Waals surface area (Å²) in [5, 5.41) is 2.81. The van der Waals surface area contributed by atoms with Crippen LogP contribution in [0.5, 0.6) is 11.5 Å². The van der Waals surface area contributed by atoms with Crippen molar-refractivity contribution in [2.45, 2.75) is 13.0 Å². The largest absolute Gasteiger partial charge is 0.493 e. The first-order valence-corrected chi connectivity index (χ1v) is 7.47. The lowest BCUT2D eigenvalue weighted by Crippen LogP contribution is -2.23. The summed E-state index contributed by atoms with van der Waals surface area (Å²) < 4.78 is 23.6. The Morgan fingerprint density at radius 1 is 1.21 bits per heavy atom. The van der Waals surface area contributed by atoms with Crippen LogP contribution in [0.2, 0.25) is 0 Å². The van der Waals surface area contributed by atoms with Gasteiger partial charge in [-0.3, -0.25) is 4.79 Å². The van der Waals surface area contributed by atoms with Crippen LogP contribution in [-0.2, 0) is 13.0 Å². The molecule has 2 aromatic rings. The van der Waals surface area contributed by atoms with Crippen LogP contribution in [0.25, 0.3) is 0 Å². The average Bonchev–Trinajstić information content (AvgIpc) is 2.60. The van der Waals surface area contributed by atoms with Crippen molar-refractivity contribution in [1.82, 2.24) is 5.32 Å². The van der Waals surface area contributed by atoms with E-state index in [4.69, 9.17) is 9.47 Å². The van der Waals surface area contributed by atoms with E-state index in [1.807, 2.05) is 0 Å². The number of rotatable bonds is 7. The van der Waals surface area contributed by atoms with Gasteiger partial charge in [-0.05, 0) is 36.2 Å². The van der Waals surface area contributed by atoms with Crippen molar-refractivity contribution in [3.8, 4) is 11.5 Å². The minimum atomic E-state index is -0.306. The number of hydrogen-bond donors (Lipinski definition) is 1. The zero-order valence-corrected chi connectivity index (χ0v) is 13.8. The summed E-state index contributed by atoms with van der Waals surface area (Å²) in [5.41, 5.74) is 2.10. The third kappa shape index (κ3) is 4.13. The minimum absolute atomic E-state index is 0.245. The van der Waals surface area contributed by atoms with E-state index in [0.29, 0.717) is 30.0 Å². The molecule has 0 spiro atoms. The number of halogens is 1. The Morgan fingerprint density at radius 3 is 2.50 bits per heavy atom. The van der Waals surface area contributed by atoms with Crippen molar-refractivity contribution in [1.29, 1.82) is 0 Å². The number of methoxy groups -OCH3 is 2. The molecule has 0 heterocycles. The van der Waals surface area contributed by atoms with Gasteiger partial charge in [-0.25, -0.2) is 4.39 Å². The van der Waals surface area contributed by atoms with Gasteiger partial charge in [-0.2, -0.15) is 0 Å². The van der Waals surface area contributed by atoms with Gasteiger partial charge in [0.15, 0.2) is 11.5 Å². The Labute approximate surface area is 140 Å².